The molecule has 0 radical (unpaired) electrons. The lowest BCUT2D eigenvalue weighted by Crippen LogP contribution is -2.49. The van der Waals surface area contributed by atoms with E-state index in [1.54, 1.807) is 4.90 Å². The van der Waals surface area contributed by atoms with Gasteiger partial charge in [0.15, 0.2) is 0 Å². The van der Waals surface area contributed by atoms with Crippen LogP contribution >= 0.6 is 0 Å². The monoisotopic (exact) mass is 373 g/mol. The Morgan fingerprint density at radius 2 is 1.74 bits per heavy atom. The minimum Gasteiger partial charge on any atom is -0.481 e. The fraction of sp³-hybridized carbons (Fsp3) is 0.619. The van der Waals surface area contributed by atoms with Gasteiger partial charge in [-0.15, -0.1) is 0 Å². The Kier molecular flexibility index (Phi) is 6.72. The zero-order chi connectivity index (χ0) is 19.2. The molecule has 1 aromatic rings. The molecule has 148 valence electrons. The van der Waals surface area contributed by atoms with Gasteiger partial charge in [0.25, 0.3) is 0 Å². The molecule has 0 bridgehead atoms. The van der Waals surface area contributed by atoms with Crippen LogP contribution in [0.4, 0.5) is 4.79 Å². The van der Waals surface area contributed by atoms with Gasteiger partial charge in [-0.25, -0.2) is 4.79 Å². The number of carboxylic acid groups (broad SMARTS) is 1. The first-order chi connectivity index (χ1) is 13.0. The molecule has 2 aliphatic rings. The Balaban J connectivity index is 1.47. The number of amides is 2. The van der Waals surface area contributed by atoms with Gasteiger partial charge in [-0.3, -0.25) is 9.69 Å². The first-order valence-corrected chi connectivity index (χ1v) is 10.1. The lowest BCUT2D eigenvalue weighted by Gasteiger charge is -2.34. The van der Waals surface area contributed by atoms with E-state index in [2.05, 4.69) is 34.5 Å². The first-order valence-electron chi connectivity index (χ1n) is 10.1. The number of carboxylic acids is 1. The molecule has 6 heteroatoms. The SMILES string of the molecule is CC1CC(C(=O)O)CN(C(=O)NCc2ccc(CN3CCCCC3)cc2)C1. The van der Waals surface area contributed by atoms with Crippen molar-refractivity contribution in [3.8, 4) is 0 Å². The predicted octanol–water partition coefficient (Wildman–Crippen LogP) is 2.92. The number of piperidine rings is 2. The summed E-state index contributed by atoms with van der Waals surface area (Å²) in [4.78, 5) is 27.8. The van der Waals surface area contributed by atoms with E-state index in [-0.39, 0.29) is 11.9 Å². The van der Waals surface area contributed by atoms with E-state index < -0.39 is 11.9 Å². The summed E-state index contributed by atoms with van der Waals surface area (Å²) in [6.45, 7) is 6.73. The largest absolute Gasteiger partial charge is 0.481 e. The zero-order valence-electron chi connectivity index (χ0n) is 16.2. The Morgan fingerprint density at radius 1 is 1.07 bits per heavy atom. The fourth-order valence-electron chi connectivity index (χ4n) is 4.12. The smallest absolute Gasteiger partial charge is 0.317 e. The molecule has 0 spiro atoms. The van der Waals surface area contributed by atoms with Gasteiger partial charge in [-0.2, -0.15) is 0 Å². The summed E-state index contributed by atoms with van der Waals surface area (Å²) in [7, 11) is 0. The van der Waals surface area contributed by atoms with Gasteiger partial charge < -0.3 is 15.3 Å². The Labute approximate surface area is 161 Å². The van der Waals surface area contributed by atoms with Gasteiger partial charge in [0.1, 0.15) is 0 Å². The maximum atomic E-state index is 12.4. The zero-order valence-corrected chi connectivity index (χ0v) is 16.2. The third-order valence-corrected chi connectivity index (χ3v) is 5.62. The van der Waals surface area contributed by atoms with Crippen LogP contribution in [0.3, 0.4) is 0 Å². The number of nitrogens with one attached hydrogen (secondary N) is 1. The molecule has 0 aromatic heterocycles. The third-order valence-electron chi connectivity index (χ3n) is 5.62. The van der Waals surface area contributed by atoms with Crippen LogP contribution < -0.4 is 5.32 Å². The van der Waals surface area contributed by atoms with E-state index in [4.69, 9.17) is 0 Å². The molecule has 2 atom stereocenters. The minimum atomic E-state index is -0.816. The number of carbonyl (C=O) groups is 2. The quantitative estimate of drug-likeness (QED) is 0.832. The molecule has 2 N–H and O–H groups in total. The second-order valence-corrected chi connectivity index (χ2v) is 8.09. The Morgan fingerprint density at radius 3 is 2.41 bits per heavy atom. The summed E-state index contributed by atoms with van der Waals surface area (Å²) in [6.07, 6.45) is 4.57. The van der Waals surface area contributed by atoms with Crippen molar-refractivity contribution in [2.24, 2.45) is 11.8 Å². The van der Waals surface area contributed by atoms with Crippen molar-refractivity contribution < 1.29 is 14.7 Å². The molecule has 6 nitrogen and oxygen atoms in total. The summed E-state index contributed by atoms with van der Waals surface area (Å²) >= 11 is 0. The van der Waals surface area contributed by atoms with E-state index in [1.807, 2.05) is 6.92 Å². The van der Waals surface area contributed by atoms with E-state index >= 15 is 0 Å². The molecule has 1 aromatic carbocycles. The highest BCUT2D eigenvalue weighted by atomic mass is 16.4. The number of aliphatic carboxylic acids is 1. The number of carbonyl (C=O) groups excluding carboxylic acids is 1. The summed E-state index contributed by atoms with van der Waals surface area (Å²) in [6, 6.07) is 8.24. The van der Waals surface area contributed by atoms with E-state index in [9.17, 15) is 14.7 Å². The molecule has 2 amide bonds. The van der Waals surface area contributed by atoms with Crippen molar-refractivity contribution in [2.75, 3.05) is 26.2 Å². The summed E-state index contributed by atoms with van der Waals surface area (Å²) in [5.41, 5.74) is 2.37. The number of hydrogen-bond donors (Lipinski definition) is 2. The summed E-state index contributed by atoms with van der Waals surface area (Å²) in [5.74, 6) is -1.07. The van der Waals surface area contributed by atoms with Crippen LogP contribution in [0.5, 0.6) is 0 Å². The van der Waals surface area contributed by atoms with Gasteiger partial charge in [0.05, 0.1) is 5.92 Å². The molecular formula is C21H31N3O3. The molecule has 2 saturated heterocycles. The van der Waals surface area contributed by atoms with E-state index in [1.165, 1.54) is 37.9 Å². The first kappa shape index (κ1) is 19.7. The van der Waals surface area contributed by atoms with Crippen LogP contribution in [0.1, 0.15) is 43.7 Å². The van der Waals surface area contributed by atoms with Crippen molar-refractivity contribution in [3.05, 3.63) is 35.4 Å². The second kappa shape index (κ2) is 9.22. The highest BCUT2D eigenvalue weighted by molar-refractivity contribution is 5.76. The molecule has 3 rings (SSSR count). The van der Waals surface area contributed by atoms with Crippen LogP contribution in [0.25, 0.3) is 0 Å². The van der Waals surface area contributed by atoms with Crippen LogP contribution in [-0.4, -0.2) is 53.1 Å². The maximum Gasteiger partial charge on any atom is 0.317 e. The average molecular weight is 373 g/mol. The molecule has 27 heavy (non-hydrogen) atoms. The van der Waals surface area contributed by atoms with Crippen molar-refractivity contribution in [1.29, 1.82) is 0 Å². The predicted molar refractivity (Wildman–Crippen MR) is 104 cm³/mol. The second-order valence-electron chi connectivity index (χ2n) is 8.09. The van der Waals surface area contributed by atoms with E-state index in [0.29, 0.717) is 26.1 Å². The molecule has 0 saturated carbocycles. The van der Waals surface area contributed by atoms with E-state index in [0.717, 1.165) is 12.1 Å². The lowest BCUT2D eigenvalue weighted by atomic mass is 9.91. The molecule has 2 aliphatic heterocycles. The van der Waals surface area contributed by atoms with Gasteiger partial charge in [-0.05, 0) is 49.4 Å². The van der Waals surface area contributed by atoms with Crippen LogP contribution in [0.15, 0.2) is 24.3 Å². The number of benzene rings is 1. The Bertz CT molecular complexity index is 641. The van der Waals surface area contributed by atoms with Crippen molar-refractivity contribution in [2.45, 2.75) is 45.7 Å². The topological polar surface area (TPSA) is 72.9 Å². The molecular weight excluding hydrogens is 342 g/mol. The van der Waals surface area contributed by atoms with Gasteiger partial charge in [0, 0.05) is 26.2 Å². The normalized spacial score (nSPS) is 23.8. The molecule has 2 unspecified atom stereocenters. The average Bonchev–Trinajstić information content (AvgIpc) is 2.67. The molecule has 0 aliphatic carbocycles. The number of urea groups is 1. The number of likely N-dealkylation sites (tertiary alicyclic amines) is 2. The highest BCUT2D eigenvalue weighted by Crippen LogP contribution is 2.22. The standard InChI is InChI=1S/C21H31N3O3/c1-16-11-19(20(25)26)15-24(13-16)21(27)22-12-17-5-7-18(8-6-17)14-23-9-3-2-4-10-23/h5-8,16,19H,2-4,9-15H2,1H3,(H,22,27)(H,25,26). The third kappa shape index (κ3) is 5.70. The van der Waals surface area contributed by atoms with Crippen molar-refractivity contribution >= 4 is 12.0 Å². The van der Waals surface area contributed by atoms with Gasteiger partial charge in [0.2, 0.25) is 0 Å². The summed E-state index contributed by atoms with van der Waals surface area (Å²) < 4.78 is 0. The van der Waals surface area contributed by atoms with Crippen molar-refractivity contribution in [3.63, 3.8) is 0 Å². The lowest BCUT2D eigenvalue weighted by molar-refractivity contribution is -0.143. The number of hydrogen-bond acceptors (Lipinski definition) is 3. The molecule has 2 heterocycles. The minimum absolute atomic E-state index is 0.176. The molecule has 2 fully saturated rings. The van der Waals surface area contributed by atoms with Crippen LogP contribution in [-0.2, 0) is 17.9 Å². The maximum absolute atomic E-state index is 12.4. The number of nitrogens with zero attached hydrogens (tertiary/aromatic N) is 2. The van der Waals surface area contributed by atoms with Crippen molar-refractivity contribution in [1.82, 2.24) is 15.1 Å². The number of rotatable bonds is 5. The highest BCUT2D eigenvalue weighted by Gasteiger charge is 2.31. The van der Waals surface area contributed by atoms with Gasteiger partial charge >= 0.3 is 12.0 Å². The fourth-order valence-corrected chi connectivity index (χ4v) is 4.12. The summed E-state index contributed by atoms with van der Waals surface area (Å²) in [5, 5.41) is 12.2. The Hall–Kier alpha value is -2.08. The van der Waals surface area contributed by atoms with Crippen LogP contribution in [0.2, 0.25) is 0 Å². The van der Waals surface area contributed by atoms with Gasteiger partial charge in [-0.1, -0.05) is 37.6 Å². The van der Waals surface area contributed by atoms with Crippen LogP contribution in [0, 0.1) is 11.8 Å².